The topological polar surface area (TPSA) is 59.5 Å². The Kier molecular flexibility index (Phi) is 9.15. The van der Waals surface area contributed by atoms with Gasteiger partial charge in [-0.25, -0.2) is 4.98 Å². The molecule has 2 fully saturated rings. The predicted molar refractivity (Wildman–Crippen MR) is 130 cm³/mol. The number of aromatic nitrogens is 1. The molecule has 1 aliphatic heterocycles. The fraction of sp³-hybridized carbons (Fsp3) is 0.808. The van der Waals surface area contributed by atoms with Crippen molar-refractivity contribution in [1.29, 1.82) is 0 Å². The van der Waals surface area contributed by atoms with E-state index in [0.29, 0.717) is 17.7 Å². The first-order valence-corrected chi connectivity index (χ1v) is 13.6. The second-order valence-electron chi connectivity index (χ2n) is 10.8. The molecule has 6 heteroatoms. The number of ether oxygens (including phenoxy) is 1. The van der Waals surface area contributed by atoms with Crippen molar-refractivity contribution in [3.8, 4) is 0 Å². The van der Waals surface area contributed by atoms with Crippen molar-refractivity contribution in [2.75, 3.05) is 13.1 Å². The van der Waals surface area contributed by atoms with Crippen molar-refractivity contribution < 1.29 is 14.3 Å². The minimum atomic E-state index is -0.411. The lowest BCUT2D eigenvalue weighted by molar-refractivity contribution is -0.160. The van der Waals surface area contributed by atoms with Crippen LogP contribution in [0.4, 0.5) is 0 Å². The van der Waals surface area contributed by atoms with Crippen LogP contribution in [0.1, 0.15) is 103 Å². The van der Waals surface area contributed by atoms with Crippen LogP contribution in [0.5, 0.6) is 0 Å². The predicted octanol–water partition coefficient (Wildman–Crippen LogP) is 6.19. The van der Waals surface area contributed by atoms with E-state index in [9.17, 15) is 9.59 Å². The number of piperidine rings is 1. The molecule has 1 aliphatic carbocycles. The Labute approximate surface area is 198 Å². The molecule has 0 bridgehead atoms. The zero-order valence-corrected chi connectivity index (χ0v) is 21.3. The third kappa shape index (κ3) is 7.29. The Balaban J connectivity index is 1.34. The van der Waals surface area contributed by atoms with Crippen LogP contribution in [0, 0.1) is 17.8 Å². The first-order valence-electron chi connectivity index (χ1n) is 12.7. The average molecular weight is 463 g/mol. The summed E-state index contributed by atoms with van der Waals surface area (Å²) in [5, 5.41) is 3.28. The largest absolute Gasteiger partial charge is 0.460 e. The van der Waals surface area contributed by atoms with E-state index in [1.54, 1.807) is 11.3 Å². The molecule has 0 N–H and O–H groups in total. The second kappa shape index (κ2) is 11.6. The number of rotatable bonds is 8. The zero-order chi connectivity index (χ0) is 23.1. The van der Waals surface area contributed by atoms with E-state index in [1.165, 1.54) is 11.4 Å². The van der Waals surface area contributed by atoms with Gasteiger partial charge < -0.3 is 9.64 Å². The molecule has 1 saturated heterocycles. The van der Waals surface area contributed by atoms with Crippen molar-refractivity contribution in [3.63, 3.8) is 0 Å². The van der Waals surface area contributed by atoms with E-state index in [0.717, 1.165) is 70.9 Å². The number of esters is 1. The molecular formula is C26H42N2O3S. The third-order valence-corrected chi connectivity index (χ3v) is 8.14. The summed E-state index contributed by atoms with van der Waals surface area (Å²) in [6, 6.07) is 0. The lowest BCUT2D eigenvalue weighted by Gasteiger charge is -2.36. The van der Waals surface area contributed by atoms with Crippen molar-refractivity contribution >= 4 is 23.2 Å². The lowest BCUT2D eigenvalue weighted by Crippen LogP contribution is -2.42. The molecule has 2 aliphatic rings. The van der Waals surface area contributed by atoms with Gasteiger partial charge in [0.15, 0.2) is 0 Å². The highest BCUT2D eigenvalue weighted by atomic mass is 32.1. The van der Waals surface area contributed by atoms with E-state index >= 15 is 0 Å². The van der Waals surface area contributed by atoms with Crippen LogP contribution in [-0.4, -0.2) is 40.5 Å². The quantitative estimate of drug-likeness (QED) is 0.432. The smallest absolute Gasteiger partial charge is 0.309 e. The molecule has 1 saturated carbocycles. The van der Waals surface area contributed by atoms with Crippen molar-refractivity contribution in [2.45, 2.75) is 103 Å². The molecule has 0 spiro atoms. The van der Waals surface area contributed by atoms with Gasteiger partial charge in [0.25, 0.3) is 0 Å². The van der Waals surface area contributed by atoms with Gasteiger partial charge in [0, 0.05) is 36.5 Å². The number of hydrogen-bond acceptors (Lipinski definition) is 5. The monoisotopic (exact) mass is 462 g/mol. The molecular weight excluding hydrogens is 420 g/mol. The molecule has 1 unspecified atom stereocenters. The van der Waals surface area contributed by atoms with Gasteiger partial charge in [-0.1, -0.05) is 19.8 Å². The summed E-state index contributed by atoms with van der Waals surface area (Å²) in [4.78, 5) is 32.0. The Morgan fingerprint density at radius 2 is 1.84 bits per heavy atom. The minimum Gasteiger partial charge on any atom is -0.460 e. The van der Waals surface area contributed by atoms with Gasteiger partial charge in [-0.05, 0) is 78.1 Å². The van der Waals surface area contributed by atoms with Crippen LogP contribution in [-0.2, 0) is 14.3 Å². The highest BCUT2D eigenvalue weighted by molar-refractivity contribution is 7.09. The first kappa shape index (κ1) is 25.2. The summed E-state index contributed by atoms with van der Waals surface area (Å²) in [5.41, 5.74) is -0.411. The Morgan fingerprint density at radius 1 is 1.16 bits per heavy atom. The van der Waals surface area contributed by atoms with Gasteiger partial charge in [-0.15, -0.1) is 11.3 Å². The first-order chi connectivity index (χ1) is 15.3. The average Bonchev–Trinajstić information content (AvgIpc) is 3.30. The maximum Gasteiger partial charge on any atom is 0.309 e. The summed E-state index contributed by atoms with van der Waals surface area (Å²) < 4.78 is 5.57. The maximum atomic E-state index is 13.0. The molecule has 0 aromatic carbocycles. The molecule has 3 rings (SSSR count). The summed E-state index contributed by atoms with van der Waals surface area (Å²) in [5.74, 6) is 1.80. The van der Waals surface area contributed by atoms with Crippen LogP contribution in [0.25, 0.3) is 0 Å². The molecule has 1 aromatic rings. The fourth-order valence-electron chi connectivity index (χ4n) is 5.27. The van der Waals surface area contributed by atoms with Gasteiger partial charge in [0.05, 0.1) is 10.9 Å². The van der Waals surface area contributed by atoms with Gasteiger partial charge in [-0.3, -0.25) is 9.59 Å². The highest BCUT2D eigenvalue weighted by Gasteiger charge is 2.32. The van der Waals surface area contributed by atoms with E-state index in [2.05, 4.69) is 16.8 Å². The molecule has 1 atom stereocenters. The highest BCUT2D eigenvalue weighted by Crippen LogP contribution is 2.35. The Bertz CT molecular complexity index is 712. The van der Waals surface area contributed by atoms with Crippen LogP contribution in [0.15, 0.2) is 11.6 Å². The normalized spacial score (nSPS) is 23.7. The summed E-state index contributed by atoms with van der Waals surface area (Å²) in [7, 11) is 0. The third-order valence-electron chi connectivity index (χ3n) is 7.20. The van der Waals surface area contributed by atoms with Crippen molar-refractivity contribution in [1.82, 2.24) is 9.88 Å². The molecule has 32 heavy (non-hydrogen) atoms. The van der Waals surface area contributed by atoms with Crippen molar-refractivity contribution in [2.24, 2.45) is 17.8 Å². The molecule has 180 valence electrons. The standard InChI is InChI=1S/C26H42N2O3S/c1-5-20(25(30)31-26(2,3)4)8-6-7-19-9-11-22(12-10-19)24(29)28-16-13-21(14-17-28)23-27-15-18-32-23/h15,18-22H,5-14,16-17H2,1-4H3. The van der Waals surface area contributed by atoms with E-state index in [1.807, 2.05) is 32.3 Å². The van der Waals surface area contributed by atoms with Crippen LogP contribution >= 0.6 is 11.3 Å². The van der Waals surface area contributed by atoms with E-state index < -0.39 is 5.60 Å². The number of carbonyl (C=O) groups excluding carboxylic acids is 2. The van der Waals surface area contributed by atoms with Gasteiger partial charge in [0.2, 0.25) is 5.91 Å². The SMILES string of the molecule is CCC(CCCC1CCC(C(=O)N2CCC(c3nccs3)CC2)CC1)C(=O)OC(C)(C)C. The number of carbonyl (C=O) groups is 2. The van der Waals surface area contributed by atoms with E-state index in [-0.39, 0.29) is 17.8 Å². The second-order valence-corrected chi connectivity index (χ2v) is 11.7. The van der Waals surface area contributed by atoms with Gasteiger partial charge >= 0.3 is 5.97 Å². The number of nitrogens with zero attached hydrogens (tertiary/aromatic N) is 2. The minimum absolute atomic E-state index is 0.0134. The number of hydrogen-bond donors (Lipinski definition) is 0. The van der Waals surface area contributed by atoms with Gasteiger partial charge in [0.1, 0.15) is 5.60 Å². The van der Waals surface area contributed by atoms with Gasteiger partial charge in [-0.2, -0.15) is 0 Å². The summed E-state index contributed by atoms with van der Waals surface area (Å²) >= 11 is 1.74. The maximum absolute atomic E-state index is 13.0. The molecule has 5 nitrogen and oxygen atoms in total. The van der Waals surface area contributed by atoms with Crippen LogP contribution in [0.2, 0.25) is 0 Å². The zero-order valence-electron chi connectivity index (χ0n) is 20.5. The lowest BCUT2D eigenvalue weighted by atomic mass is 9.78. The van der Waals surface area contributed by atoms with E-state index in [4.69, 9.17) is 4.74 Å². The fourth-order valence-corrected chi connectivity index (χ4v) is 6.08. The molecule has 1 amide bonds. The van der Waals surface area contributed by atoms with Crippen molar-refractivity contribution in [3.05, 3.63) is 16.6 Å². The van der Waals surface area contributed by atoms with Crippen LogP contribution < -0.4 is 0 Å². The molecule has 0 radical (unpaired) electrons. The summed E-state index contributed by atoms with van der Waals surface area (Å²) in [6.07, 6.45) is 12.3. The molecule has 2 heterocycles. The Morgan fingerprint density at radius 3 is 2.41 bits per heavy atom. The Hall–Kier alpha value is -1.43. The number of amides is 1. The number of thiazole rings is 1. The molecule has 1 aromatic heterocycles. The summed E-state index contributed by atoms with van der Waals surface area (Å²) in [6.45, 7) is 9.63. The number of likely N-dealkylation sites (tertiary alicyclic amines) is 1. The van der Waals surface area contributed by atoms with Crippen LogP contribution in [0.3, 0.4) is 0 Å².